The molecule has 0 aliphatic carbocycles. The Hall–Kier alpha value is -5.04. The number of aryl methyl sites for hydroxylation is 1. The van der Waals surface area contributed by atoms with Gasteiger partial charge in [-0.1, -0.05) is 37.1 Å². The van der Waals surface area contributed by atoms with E-state index in [1.807, 2.05) is 6.92 Å². The average molecular weight is 594 g/mol. The minimum Gasteiger partial charge on any atom is -0.362 e. The highest BCUT2D eigenvalue weighted by atomic mass is 35.5. The van der Waals surface area contributed by atoms with Gasteiger partial charge in [0.15, 0.2) is 5.15 Å². The lowest BCUT2D eigenvalue weighted by Crippen LogP contribution is -2.35. The number of dihydropyridines is 1. The van der Waals surface area contributed by atoms with Crippen molar-refractivity contribution in [3.63, 3.8) is 0 Å². The van der Waals surface area contributed by atoms with Gasteiger partial charge in [0.05, 0.1) is 21.5 Å². The Morgan fingerprint density at radius 2 is 1.43 bits per heavy atom. The number of rotatable bonds is 10. The van der Waals surface area contributed by atoms with Crippen molar-refractivity contribution in [3.05, 3.63) is 108 Å². The number of nitrogens with one attached hydrogen (secondary N) is 4. The molecule has 1 aliphatic rings. The van der Waals surface area contributed by atoms with Crippen LogP contribution in [0.1, 0.15) is 51.0 Å². The van der Waals surface area contributed by atoms with Gasteiger partial charge in [-0.05, 0) is 32.4 Å². The Morgan fingerprint density at radius 3 is 1.88 bits per heavy atom. The SMILES string of the molecule is CCCCc1nc(Cl)c(C2C(C(=O)Nc3cccc([N+](=O)[O-])c3)=C(C)NC(C)=C2C(=O)Nc2cccc([N+](=O)[O-])c2)[nH]1. The number of hydrogen-bond acceptors (Lipinski definition) is 8. The maximum absolute atomic E-state index is 13.8. The van der Waals surface area contributed by atoms with Gasteiger partial charge >= 0.3 is 0 Å². The molecule has 0 unspecified atom stereocenters. The maximum atomic E-state index is 13.8. The number of nitro groups is 2. The molecule has 42 heavy (non-hydrogen) atoms. The van der Waals surface area contributed by atoms with Gasteiger partial charge in [-0.25, -0.2) is 4.98 Å². The Labute approximate surface area is 245 Å². The topological polar surface area (TPSA) is 185 Å². The predicted molar refractivity (Wildman–Crippen MR) is 157 cm³/mol. The molecule has 2 amide bonds. The van der Waals surface area contributed by atoms with E-state index in [-0.39, 0.29) is 39.0 Å². The van der Waals surface area contributed by atoms with Crippen LogP contribution in [-0.4, -0.2) is 31.6 Å². The minimum atomic E-state index is -1.03. The van der Waals surface area contributed by atoms with Crippen LogP contribution in [0.3, 0.4) is 0 Å². The molecule has 2 heterocycles. The molecule has 4 rings (SSSR count). The van der Waals surface area contributed by atoms with Gasteiger partial charge in [-0.2, -0.15) is 0 Å². The highest BCUT2D eigenvalue weighted by Gasteiger charge is 2.39. The summed E-state index contributed by atoms with van der Waals surface area (Å²) in [5.41, 5.74) is 1.37. The maximum Gasteiger partial charge on any atom is 0.271 e. The monoisotopic (exact) mass is 593 g/mol. The summed E-state index contributed by atoms with van der Waals surface area (Å²) in [6.45, 7) is 5.36. The smallest absolute Gasteiger partial charge is 0.271 e. The largest absolute Gasteiger partial charge is 0.362 e. The van der Waals surface area contributed by atoms with E-state index in [0.29, 0.717) is 29.3 Å². The second-order valence-corrected chi connectivity index (χ2v) is 10.0. The Balaban J connectivity index is 1.78. The first-order valence-corrected chi connectivity index (χ1v) is 13.4. The molecular weight excluding hydrogens is 566 g/mol. The molecule has 0 spiro atoms. The zero-order valence-electron chi connectivity index (χ0n) is 23.0. The Bertz CT molecular complexity index is 1550. The number of carbonyl (C=O) groups excluding carboxylic acids is 2. The van der Waals surface area contributed by atoms with Crippen molar-refractivity contribution in [1.82, 2.24) is 15.3 Å². The number of benzene rings is 2. The number of non-ortho nitro benzene ring substituents is 2. The number of anilines is 2. The molecule has 0 saturated carbocycles. The number of H-pyrrole nitrogens is 1. The molecule has 218 valence electrons. The van der Waals surface area contributed by atoms with Crippen LogP contribution in [0.2, 0.25) is 5.15 Å². The first-order chi connectivity index (χ1) is 20.0. The van der Waals surface area contributed by atoms with Crippen molar-refractivity contribution in [1.29, 1.82) is 0 Å². The fourth-order valence-corrected chi connectivity index (χ4v) is 5.00. The van der Waals surface area contributed by atoms with Gasteiger partial charge in [0.1, 0.15) is 5.82 Å². The van der Waals surface area contributed by atoms with Crippen molar-refractivity contribution in [2.75, 3.05) is 10.6 Å². The van der Waals surface area contributed by atoms with Crippen molar-refractivity contribution >= 4 is 46.2 Å². The first-order valence-electron chi connectivity index (χ1n) is 13.0. The lowest BCUT2D eigenvalue weighted by molar-refractivity contribution is -0.385. The van der Waals surface area contributed by atoms with Crippen LogP contribution in [0.15, 0.2) is 71.1 Å². The van der Waals surface area contributed by atoms with Crippen LogP contribution in [0.4, 0.5) is 22.7 Å². The van der Waals surface area contributed by atoms with Crippen LogP contribution >= 0.6 is 11.6 Å². The standard InChI is InChI=1S/C28H28ClN7O6/c1-4-5-12-21-33-25(26(29)34-21)24-22(27(37)31-17-8-6-10-19(13-17)35(39)40)15(2)30-16(3)23(24)28(38)32-18-9-7-11-20(14-18)36(41)42/h6-11,13-14,24,30H,4-5,12H2,1-3H3,(H,31,37)(H,32,38)(H,33,34). The number of unbranched alkanes of at least 4 members (excludes halogenated alkanes) is 1. The number of aromatic nitrogens is 2. The lowest BCUT2D eigenvalue weighted by Gasteiger charge is -2.30. The van der Waals surface area contributed by atoms with Crippen LogP contribution in [0.25, 0.3) is 0 Å². The number of nitrogens with zero attached hydrogens (tertiary/aromatic N) is 3. The summed E-state index contributed by atoms with van der Waals surface area (Å²) in [5.74, 6) is -1.69. The van der Waals surface area contributed by atoms with Gasteiger partial charge < -0.3 is 20.9 Å². The second-order valence-electron chi connectivity index (χ2n) is 9.65. The third-order valence-corrected chi connectivity index (χ3v) is 6.96. The summed E-state index contributed by atoms with van der Waals surface area (Å²) in [6.07, 6.45) is 2.34. The number of imidazole rings is 1. The van der Waals surface area contributed by atoms with E-state index in [9.17, 15) is 29.8 Å². The zero-order chi connectivity index (χ0) is 30.6. The second kappa shape index (κ2) is 12.6. The normalized spacial score (nSPS) is 13.5. The number of allylic oxidation sites excluding steroid dienone is 2. The molecule has 3 aromatic rings. The van der Waals surface area contributed by atoms with Crippen LogP contribution in [0.5, 0.6) is 0 Å². The van der Waals surface area contributed by atoms with Crippen molar-refractivity contribution < 1.29 is 19.4 Å². The number of halogens is 1. The fourth-order valence-electron chi connectivity index (χ4n) is 4.74. The van der Waals surface area contributed by atoms with Gasteiger partial charge in [0.2, 0.25) is 0 Å². The fraction of sp³-hybridized carbons (Fsp3) is 0.250. The molecule has 14 heteroatoms. The van der Waals surface area contributed by atoms with E-state index in [1.54, 1.807) is 13.8 Å². The van der Waals surface area contributed by atoms with Gasteiger partial charge in [0, 0.05) is 64.6 Å². The molecule has 0 atom stereocenters. The highest BCUT2D eigenvalue weighted by Crippen LogP contribution is 2.41. The summed E-state index contributed by atoms with van der Waals surface area (Å²) in [4.78, 5) is 56.6. The van der Waals surface area contributed by atoms with E-state index in [4.69, 9.17) is 11.6 Å². The highest BCUT2D eigenvalue weighted by molar-refractivity contribution is 6.30. The summed E-state index contributed by atoms with van der Waals surface area (Å²) in [7, 11) is 0. The zero-order valence-corrected chi connectivity index (χ0v) is 23.7. The molecule has 0 saturated heterocycles. The summed E-state index contributed by atoms with van der Waals surface area (Å²) in [5, 5.41) is 31.1. The number of aromatic amines is 1. The third kappa shape index (κ3) is 6.47. The number of nitro benzene ring substituents is 2. The molecule has 4 N–H and O–H groups in total. The van der Waals surface area contributed by atoms with E-state index in [1.165, 1.54) is 48.5 Å². The van der Waals surface area contributed by atoms with E-state index < -0.39 is 27.6 Å². The van der Waals surface area contributed by atoms with Crippen LogP contribution in [0, 0.1) is 20.2 Å². The van der Waals surface area contributed by atoms with Gasteiger partial charge in [0.25, 0.3) is 23.2 Å². The number of hydrogen-bond donors (Lipinski definition) is 4. The first kappa shape index (κ1) is 29.9. The van der Waals surface area contributed by atoms with E-state index >= 15 is 0 Å². The lowest BCUT2D eigenvalue weighted by atomic mass is 9.82. The molecule has 2 aromatic carbocycles. The van der Waals surface area contributed by atoms with Crippen LogP contribution in [-0.2, 0) is 16.0 Å². The van der Waals surface area contributed by atoms with Gasteiger partial charge in [-0.3, -0.25) is 29.8 Å². The van der Waals surface area contributed by atoms with Crippen molar-refractivity contribution in [3.8, 4) is 0 Å². The third-order valence-electron chi connectivity index (χ3n) is 6.67. The molecule has 0 fully saturated rings. The van der Waals surface area contributed by atoms with Gasteiger partial charge in [-0.15, -0.1) is 0 Å². The molecule has 1 aliphatic heterocycles. The quantitative estimate of drug-likeness (QED) is 0.169. The van der Waals surface area contributed by atoms with E-state index in [0.717, 1.165) is 12.8 Å². The Kier molecular flexibility index (Phi) is 9.01. The summed E-state index contributed by atoms with van der Waals surface area (Å²) < 4.78 is 0. The molecule has 0 radical (unpaired) electrons. The van der Waals surface area contributed by atoms with E-state index in [2.05, 4.69) is 25.9 Å². The molecular formula is C28H28ClN7O6. The summed E-state index contributed by atoms with van der Waals surface area (Å²) in [6, 6.07) is 11.0. The molecule has 0 bridgehead atoms. The predicted octanol–water partition coefficient (Wildman–Crippen LogP) is 5.73. The van der Waals surface area contributed by atoms with Crippen molar-refractivity contribution in [2.24, 2.45) is 0 Å². The Morgan fingerprint density at radius 1 is 0.929 bits per heavy atom. The minimum absolute atomic E-state index is 0.0786. The van der Waals surface area contributed by atoms with Crippen molar-refractivity contribution in [2.45, 2.75) is 46.0 Å². The molecule has 13 nitrogen and oxygen atoms in total. The summed E-state index contributed by atoms with van der Waals surface area (Å²) >= 11 is 6.60. The number of carbonyl (C=O) groups is 2. The van der Waals surface area contributed by atoms with Crippen LogP contribution < -0.4 is 16.0 Å². The average Bonchev–Trinajstić information content (AvgIpc) is 3.31. The molecule has 1 aromatic heterocycles. The number of amides is 2.